The van der Waals surface area contributed by atoms with Crippen molar-refractivity contribution in [1.82, 2.24) is 4.90 Å². The molecule has 0 spiro atoms. The molecule has 2 aromatic rings. The van der Waals surface area contributed by atoms with Gasteiger partial charge in [0.15, 0.2) is 0 Å². The third-order valence-electron chi connectivity index (χ3n) is 4.08. The molecule has 4 heteroatoms. The van der Waals surface area contributed by atoms with Crippen molar-refractivity contribution in [2.75, 3.05) is 25.0 Å². The Morgan fingerprint density at radius 2 is 1.96 bits per heavy atom. The maximum Gasteiger partial charge on any atom is 0.248 e. The Kier molecular flexibility index (Phi) is 5.27. The zero-order chi connectivity index (χ0) is 15.9. The van der Waals surface area contributed by atoms with Crippen molar-refractivity contribution in [3.63, 3.8) is 0 Å². The van der Waals surface area contributed by atoms with Crippen molar-refractivity contribution in [3.05, 3.63) is 60.1 Å². The molecule has 0 aliphatic carbocycles. The molecule has 0 saturated carbocycles. The minimum Gasteiger partial charge on any atom is -0.465 e. The molecular weight excluding hydrogens is 288 g/mol. The minimum absolute atomic E-state index is 0.161. The number of nitrogens with zero attached hydrogens (tertiary/aromatic N) is 1. The Morgan fingerprint density at radius 3 is 2.65 bits per heavy atom. The largest absolute Gasteiger partial charge is 0.465 e. The molecule has 1 aromatic heterocycles. The van der Waals surface area contributed by atoms with Crippen molar-refractivity contribution >= 4 is 17.7 Å². The van der Waals surface area contributed by atoms with Crippen LogP contribution in [0.5, 0.6) is 0 Å². The van der Waals surface area contributed by atoms with Crippen LogP contribution < -0.4 is 5.32 Å². The molecule has 2 heterocycles. The Hall–Kier alpha value is -2.33. The van der Waals surface area contributed by atoms with Crippen molar-refractivity contribution in [2.45, 2.75) is 19.3 Å². The summed E-state index contributed by atoms with van der Waals surface area (Å²) in [5.74, 6) is 0.503. The number of carbonyl (C=O) groups excluding carboxylic acids is 1. The van der Waals surface area contributed by atoms with E-state index in [1.165, 1.54) is 37.6 Å². The van der Waals surface area contributed by atoms with Crippen LogP contribution >= 0.6 is 0 Å². The number of likely N-dealkylation sites (tertiary alicyclic amines) is 1. The topological polar surface area (TPSA) is 45.5 Å². The van der Waals surface area contributed by atoms with Gasteiger partial charge in [0.2, 0.25) is 5.91 Å². The summed E-state index contributed by atoms with van der Waals surface area (Å²) in [6, 6.07) is 11.7. The van der Waals surface area contributed by atoms with Gasteiger partial charge in [-0.25, -0.2) is 0 Å². The van der Waals surface area contributed by atoms with E-state index in [0.717, 1.165) is 18.7 Å². The average molecular weight is 310 g/mol. The minimum atomic E-state index is -0.161. The van der Waals surface area contributed by atoms with Gasteiger partial charge in [-0.1, -0.05) is 12.1 Å². The summed E-state index contributed by atoms with van der Waals surface area (Å²) in [7, 11) is 0. The predicted molar refractivity (Wildman–Crippen MR) is 92.2 cm³/mol. The number of nitrogens with one attached hydrogen (secondary N) is 1. The van der Waals surface area contributed by atoms with Gasteiger partial charge in [0.25, 0.3) is 0 Å². The first kappa shape index (κ1) is 15.6. The van der Waals surface area contributed by atoms with Gasteiger partial charge in [-0.3, -0.25) is 4.79 Å². The summed E-state index contributed by atoms with van der Waals surface area (Å²) in [5, 5.41) is 2.85. The van der Waals surface area contributed by atoms with E-state index in [9.17, 15) is 4.79 Å². The van der Waals surface area contributed by atoms with E-state index in [1.54, 1.807) is 24.5 Å². The molecule has 1 fully saturated rings. The molecule has 1 N–H and O–H groups in total. The maximum atomic E-state index is 11.8. The summed E-state index contributed by atoms with van der Waals surface area (Å²) < 4.78 is 5.15. The third-order valence-corrected chi connectivity index (χ3v) is 4.08. The highest BCUT2D eigenvalue weighted by atomic mass is 16.3. The lowest BCUT2D eigenvalue weighted by molar-refractivity contribution is -0.111. The molecule has 1 aromatic carbocycles. The molecule has 1 aliphatic heterocycles. The second-order valence-corrected chi connectivity index (χ2v) is 5.83. The number of rotatable bonds is 6. The van der Waals surface area contributed by atoms with E-state index < -0.39 is 0 Å². The van der Waals surface area contributed by atoms with Crippen LogP contribution in [0.15, 0.2) is 53.2 Å². The first-order valence-corrected chi connectivity index (χ1v) is 8.13. The van der Waals surface area contributed by atoms with Crippen molar-refractivity contribution in [3.8, 4) is 0 Å². The summed E-state index contributed by atoms with van der Waals surface area (Å²) in [5.41, 5.74) is 2.12. The normalized spacial score (nSPS) is 15.3. The van der Waals surface area contributed by atoms with Crippen LogP contribution in [0.1, 0.15) is 24.2 Å². The Morgan fingerprint density at radius 1 is 1.17 bits per heavy atom. The van der Waals surface area contributed by atoms with Crippen LogP contribution in [0.25, 0.3) is 6.08 Å². The van der Waals surface area contributed by atoms with Crippen LogP contribution in [0, 0.1) is 0 Å². The van der Waals surface area contributed by atoms with Gasteiger partial charge in [0.1, 0.15) is 5.76 Å². The quantitative estimate of drug-likeness (QED) is 0.830. The van der Waals surface area contributed by atoms with Gasteiger partial charge in [0.05, 0.1) is 6.26 Å². The lowest BCUT2D eigenvalue weighted by atomic mass is 10.1. The van der Waals surface area contributed by atoms with E-state index in [1.807, 2.05) is 12.1 Å². The van der Waals surface area contributed by atoms with Crippen molar-refractivity contribution in [2.24, 2.45) is 0 Å². The molecule has 1 saturated heterocycles. The zero-order valence-corrected chi connectivity index (χ0v) is 13.2. The van der Waals surface area contributed by atoms with Crippen molar-refractivity contribution < 1.29 is 9.21 Å². The molecule has 0 bridgehead atoms. The monoisotopic (exact) mass is 310 g/mol. The van der Waals surface area contributed by atoms with Crippen LogP contribution in [-0.2, 0) is 11.2 Å². The fraction of sp³-hybridized carbons (Fsp3) is 0.316. The molecule has 3 rings (SSSR count). The molecule has 0 atom stereocenters. The summed E-state index contributed by atoms with van der Waals surface area (Å²) in [6.45, 7) is 3.59. The predicted octanol–water partition coefficient (Wildman–Crippen LogP) is 3.57. The second-order valence-electron chi connectivity index (χ2n) is 5.83. The van der Waals surface area contributed by atoms with Crippen LogP contribution in [-0.4, -0.2) is 30.4 Å². The molecule has 23 heavy (non-hydrogen) atoms. The highest BCUT2D eigenvalue weighted by molar-refractivity contribution is 6.01. The maximum absolute atomic E-state index is 11.8. The van der Waals surface area contributed by atoms with Gasteiger partial charge in [-0.05, 0) is 68.3 Å². The van der Waals surface area contributed by atoms with E-state index in [0.29, 0.717) is 5.76 Å². The van der Waals surface area contributed by atoms with Crippen LogP contribution in [0.2, 0.25) is 0 Å². The second kappa shape index (κ2) is 7.79. The molecule has 1 amide bonds. The zero-order valence-electron chi connectivity index (χ0n) is 13.2. The van der Waals surface area contributed by atoms with Gasteiger partial charge in [-0.15, -0.1) is 0 Å². The Labute approximate surface area is 136 Å². The number of amides is 1. The molecule has 0 radical (unpaired) electrons. The summed E-state index contributed by atoms with van der Waals surface area (Å²) in [6.07, 6.45) is 8.43. The number of hydrogen-bond acceptors (Lipinski definition) is 3. The molecule has 1 aliphatic rings. The average Bonchev–Trinajstić information content (AvgIpc) is 3.26. The fourth-order valence-electron chi connectivity index (χ4n) is 2.78. The molecule has 120 valence electrons. The fourth-order valence-corrected chi connectivity index (χ4v) is 2.78. The first-order chi connectivity index (χ1) is 11.3. The van der Waals surface area contributed by atoms with E-state index in [2.05, 4.69) is 22.3 Å². The summed E-state index contributed by atoms with van der Waals surface area (Å²) in [4.78, 5) is 14.4. The van der Waals surface area contributed by atoms with Gasteiger partial charge in [0, 0.05) is 18.3 Å². The molecule has 0 unspecified atom stereocenters. The SMILES string of the molecule is O=C(/C=C/c1ccco1)Nc1ccc(CCN2CCCC2)cc1. The highest BCUT2D eigenvalue weighted by Gasteiger charge is 2.10. The van der Waals surface area contributed by atoms with E-state index >= 15 is 0 Å². The smallest absolute Gasteiger partial charge is 0.248 e. The number of carbonyl (C=O) groups is 1. The number of anilines is 1. The molecule has 4 nitrogen and oxygen atoms in total. The van der Waals surface area contributed by atoms with Crippen LogP contribution in [0.4, 0.5) is 5.69 Å². The number of hydrogen-bond donors (Lipinski definition) is 1. The third kappa shape index (κ3) is 4.83. The Balaban J connectivity index is 1.47. The van der Waals surface area contributed by atoms with E-state index in [4.69, 9.17) is 4.42 Å². The highest BCUT2D eigenvalue weighted by Crippen LogP contribution is 2.13. The van der Waals surface area contributed by atoms with Gasteiger partial charge in [-0.2, -0.15) is 0 Å². The lowest BCUT2D eigenvalue weighted by Gasteiger charge is -2.14. The summed E-state index contributed by atoms with van der Waals surface area (Å²) >= 11 is 0. The molecular formula is C19H22N2O2. The van der Waals surface area contributed by atoms with Gasteiger partial charge < -0.3 is 14.6 Å². The lowest BCUT2D eigenvalue weighted by Crippen LogP contribution is -2.21. The first-order valence-electron chi connectivity index (χ1n) is 8.13. The van der Waals surface area contributed by atoms with E-state index in [-0.39, 0.29) is 5.91 Å². The standard InChI is InChI=1S/C19H22N2O2/c22-19(10-9-18-4-3-15-23-18)20-17-7-5-16(6-8-17)11-14-21-12-1-2-13-21/h3-10,15H,1-2,11-14H2,(H,20,22)/b10-9+. The van der Waals surface area contributed by atoms with Gasteiger partial charge >= 0.3 is 0 Å². The van der Waals surface area contributed by atoms with Crippen LogP contribution in [0.3, 0.4) is 0 Å². The Bertz CT molecular complexity index is 639. The number of furan rings is 1. The number of benzene rings is 1. The van der Waals surface area contributed by atoms with Crippen molar-refractivity contribution in [1.29, 1.82) is 0 Å².